The number of primary amides is 1. The van der Waals surface area contributed by atoms with Gasteiger partial charge in [0.1, 0.15) is 41.0 Å². The maximum Gasteiger partial charge on any atom is 0.412 e. The summed E-state index contributed by atoms with van der Waals surface area (Å²) in [6.45, 7) is 12.9. The van der Waals surface area contributed by atoms with Gasteiger partial charge >= 0.3 is 24.1 Å². The summed E-state index contributed by atoms with van der Waals surface area (Å²) in [5, 5.41) is 21.4. The lowest BCUT2D eigenvalue weighted by Crippen LogP contribution is -2.53. The van der Waals surface area contributed by atoms with Crippen molar-refractivity contribution >= 4 is 102 Å². The van der Waals surface area contributed by atoms with E-state index in [4.69, 9.17) is 45.8 Å². The number of nitrogens with two attached hydrogens (primary N) is 1. The Morgan fingerprint density at radius 3 is 2.37 bits per heavy atom. The first-order valence-corrected chi connectivity index (χ1v) is 31.2. The fourth-order valence-corrected chi connectivity index (χ4v) is 12.6. The molecule has 1 unspecified atom stereocenters. The molecule has 84 heavy (non-hydrogen) atoms. The fraction of sp³-hybridized carbons (Fsp3) is 0.607. The maximum absolute atomic E-state index is 14.4. The number of anilines is 2. The van der Waals surface area contributed by atoms with Crippen molar-refractivity contribution in [3.8, 4) is 5.75 Å². The van der Waals surface area contributed by atoms with Gasteiger partial charge < -0.3 is 54.8 Å². The van der Waals surface area contributed by atoms with Crippen molar-refractivity contribution in [2.45, 2.75) is 173 Å². The van der Waals surface area contributed by atoms with E-state index in [0.29, 0.717) is 52.6 Å². The standard InChI is InChI=1S/C61H84Br2ClN5O15/c1-34(2)43(28-42(70)17-12-11-16-37(5)81-57(75)41(32-62)33-63)56(74)67-44(18-14-22-66-58(65)76)47(71)26-39-20-21-45(48(27-39)79-9)68-59(77)83-51-29-52(72)69(8)46-25-40(24-36(4)54(46)64)23-35(3)15-13-19-50(80-10)61(78)30-49(82-53(73)31-61)38(6)55-60(51,7)84-55/h13,15,19-21,24-25,27,34,37-38,41,43-44,49-51,55,78H,11-12,14,16-18,22-23,26,28-33H2,1-10H3,(H,67,74)(H,68,77)(H3,65,66,76)/b19-13+,35-15+/t37?,38-,43+,44+,49+,50-,51+,55+,60+,61-/m1/s1. The number of carbonyl (C=O) groups is 8. The molecule has 23 heteroatoms. The molecule has 3 aliphatic heterocycles. The number of halogens is 3. The van der Waals surface area contributed by atoms with E-state index in [1.54, 1.807) is 45.2 Å². The van der Waals surface area contributed by atoms with Gasteiger partial charge in [-0.15, -0.1) is 0 Å². The molecule has 2 aromatic rings. The van der Waals surface area contributed by atoms with E-state index in [0.717, 1.165) is 16.7 Å². The molecule has 0 spiro atoms. The zero-order valence-electron chi connectivity index (χ0n) is 49.8. The van der Waals surface area contributed by atoms with Crippen molar-refractivity contribution in [3.63, 3.8) is 0 Å². The molecule has 10 atom stereocenters. The first-order valence-electron chi connectivity index (χ1n) is 28.5. The van der Waals surface area contributed by atoms with Crippen molar-refractivity contribution in [1.29, 1.82) is 0 Å². The monoisotopic (exact) mass is 1320 g/mol. The second-order valence-electron chi connectivity index (χ2n) is 23.0. The van der Waals surface area contributed by atoms with Crippen LogP contribution in [0.25, 0.3) is 0 Å². The number of unbranched alkanes of at least 4 members (excludes halogenated alkanes) is 1. The van der Waals surface area contributed by atoms with E-state index in [1.807, 2.05) is 52.8 Å². The number of aryl methyl sites for hydroxylation is 1. The van der Waals surface area contributed by atoms with E-state index >= 15 is 0 Å². The van der Waals surface area contributed by atoms with Crippen LogP contribution in [0.1, 0.15) is 122 Å². The number of ether oxygens (including phenoxy) is 6. The van der Waals surface area contributed by atoms with E-state index in [2.05, 4.69) is 47.8 Å². The van der Waals surface area contributed by atoms with Gasteiger partial charge in [-0.1, -0.05) is 100 Å². The third-order valence-electron chi connectivity index (χ3n) is 15.9. The molecular weight excluding hydrogens is 1240 g/mol. The number of fused-ring (bicyclic) bond motifs is 5. The van der Waals surface area contributed by atoms with Crippen LogP contribution >= 0.6 is 43.5 Å². The summed E-state index contributed by atoms with van der Waals surface area (Å²) in [4.78, 5) is 108. The van der Waals surface area contributed by atoms with Crippen molar-refractivity contribution in [1.82, 2.24) is 10.6 Å². The predicted molar refractivity (Wildman–Crippen MR) is 326 cm³/mol. The Kier molecular flexibility index (Phi) is 26.3. The molecule has 0 aromatic heterocycles. The lowest BCUT2D eigenvalue weighted by Gasteiger charge is -2.41. The minimum atomic E-state index is -1.64. The van der Waals surface area contributed by atoms with Gasteiger partial charge in [-0.25, -0.2) is 9.59 Å². The number of alkyl halides is 2. The topological polar surface area (TPSA) is 281 Å². The predicted octanol–water partition coefficient (Wildman–Crippen LogP) is 9.11. The third kappa shape index (κ3) is 19.3. The number of benzene rings is 2. The second-order valence-corrected chi connectivity index (χ2v) is 24.7. The first kappa shape index (κ1) is 69.4. The SMILES string of the molecule is COc1cc(CC(=O)[C@H](CCCNC(N)=O)NC(=O)[C@@H](CC(=O)CCCCC(C)OC(=O)C(CBr)CBr)C(C)C)ccc1NC(=O)O[C@H]1CC(=O)N(C)c2cc(cc(C)c2Cl)C/C(C)=C/C=C/[C@@H](OC)[C@]2(O)CC(=O)O[C@@H](C2)[C@@H](C)[C@@H]2O[C@@]12C. The lowest BCUT2D eigenvalue weighted by molar-refractivity contribution is -0.187. The molecule has 2 aromatic carbocycles. The molecule has 20 nitrogen and oxygen atoms in total. The zero-order chi connectivity index (χ0) is 62.2. The van der Waals surface area contributed by atoms with Crippen LogP contribution in [0.2, 0.25) is 5.02 Å². The first-order chi connectivity index (χ1) is 39.7. The molecule has 5 amide bonds. The van der Waals surface area contributed by atoms with Crippen LogP contribution in [0.4, 0.5) is 21.0 Å². The Morgan fingerprint density at radius 2 is 1.71 bits per heavy atom. The van der Waals surface area contributed by atoms with Crippen molar-refractivity contribution < 1.29 is 71.9 Å². The molecule has 4 bridgehead atoms. The van der Waals surface area contributed by atoms with Crippen LogP contribution < -0.4 is 31.3 Å². The number of urea groups is 1. The third-order valence-corrected chi connectivity index (χ3v) is 18.0. The number of hydrogen-bond donors (Lipinski definition) is 5. The molecule has 0 saturated carbocycles. The summed E-state index contributed by atoms with van der Waals surface area (Å²) in [6.07, 6.45) is 2.40. The number of esters is 2. The van der Waals surface area contributed by atoms with Gasteiger partial charge in [0.2, 0.25) is 11.8 Å². The number of carbonyl (C=O) groups excluding carboxylic acids is 8. The Hall–Kier alpha value is -5.39. The molecule has 464 valence electrons. The number of allylic oxidation sites excluding steroid dienone is 3. The van der Waals surface area contributed by atoms with Crippen molar-refractivity contribution in [2.24, 2.45) is 29.4 Å². The highest BCUT2D eigenvalue weighted by Crippen LogP contribution is 2.50. The van der Waals surface area contributed by atoms with Crippen LogP contribution in [0, 0.1) is 30.6 Å². The number of hydrogen-bond acceptors (Lipinski definition) is 15. The highest BCUT2D eigenvalue weighted by atomic mass is 79.9. The highest BCUT2D eigenvalue weighted by molar-refractivity contribution is 9.09. The van der Waals surface area contributed by atoms with Gasteiger partial charge in [-0.3, -0.25) is 34.1 Å². The summed E-state index contributed by atoms with van der Waals surface area (Å²) in [5.74, 6) is -4.05. The summed E-state index contributed by atoms with van der Waals surface area (Å²) in [5.41, 5.74) is 5.98. The molecule has 3 heterocycles. The van der Waals surface area contributed by atoms with Crippen LogP contribution in [-0.4, -0.2) is 139 Å². The number of epoxide rings is 1. The van der Waals surface area contributed by atoms with Gasteiger partial charge in [0.25, 0.3) is 0 Å². The summed E-state index contributed by atoms with van der Waals surface area (Å²) in [7, 11) is 4.42. The summed E-state index contributed by atoms with van der Waals surface area (Å²) < 4.78 is 35.3. The Bertz CT molecular complexity index is 2760. The quantitative estimate of drug-likeness (QED) is 0.0204. The molecule has 6 N–H and O–H groups in total. The van der Waals surface area contributed by atoms with Gasteiger partial charge in [0, 0.05) is 68.9 Å². The Balaban J connectivity index is 1.32. The van der Waals surface area contributed by atoms with Crippen LogP contribution in [0.15, 0.2) is 54.1 Å². The number of nitrogens with one attached hydrogen (secondary N) is 3. The van der Waals surface area contributed by atoms with E-state index in [1.165, 1.54) is 25.2 Å². The van der Waals surface area contributed by atoms with Gasteiger partial charge in [0.05, 0.1) is 60.5 Å². The number of rotatable bonds is 25. The second kappa shape index (κ2) is 31.8. The summed E-state index contributed by atoms with van der Waals surface area (Å²) >= 11 is 13.5. The lowest BCUT2D eigenvalue weighted by atomic mass is 9.78. The fourth-order valence-electron chi connectivity index (χ4n) is 10.8. The minimum absolute atomic E-state index is 0.00608. The number of amides is 5. The smallest absolute Gasteiger partial charge is 0.412 e. The average molecular weight is 1320 g/mol. The minimum Gasteiger partial charge on any atom is -0.495 e. The number of Topliss-reactive ketones (excluding diaryl/α,β-unsaturated/α-hetero) is 2. The van der Waals surface area contributed by atoms with Crippen LogP contribution in [0.3, 0.4) is 0 Å². The van der Waals surface area contributed by atoms with Crippen LogP contribution in [0.5, 0.6) is 5.75 Å². The van der Waals surface area contributed by atoms with Gasteiger partial charge in [-0.05, 0) is 107 Å². The number of aliphatic hydroxyl groups is 1. The van der Waals surface area contributed by atoms with Gasteiger partial charge in [-0.2, -0.15) is 0 Å². The normalized spacial score (nSPS) is 24.7. The van der Waals surface area contributed by atoms with Crippen molar-refractivity contribution in [3.05, 3.63) is 75.8 Å². The molecule has 2 saturated heterocycles. The largest absolute Gasteiger partial charge is 0.495 e. The van der Waals surface area contributed by atoms with Crippen LogP contribution in [-0.2, 0) is 65.3 Å². The van der Waals surface area contributed by atoms with Gasteiger partial charge in [0.15, 0.2) is 5.78 Å². The Labute approximate surface area is 515 Å². The molecule has 2 fully saturated rings. The van der Waals surface area contributed by atoms with E-state index < -0.39 is 83.4 Å². The van der Waals surface area contributed by atoms with Crippen molar-refractivity contribution in [2.75, 3.05) is 48.7 Å². The summed E-state index contributed by atoms with van der Waals surface area (Å²) in [6, 6.07) is 6.68. The Morgan fingerprint density at radius 1 is 1.00 bits per heavy atom. The molecule has 3 aliphatic rings. The zero-order valence-corrected chi connectivity index (χ0v) is 53.7. The molecular formula is C61H84Br2ClN5O15. The molecule has 0 radical (unpaired) electrons. The molecule has 0 aliphatic carbocycles. The van der Waals surface area contributed by atoms with E-state index in [9.17, 15) is 43.5 Å². The highest BCUT2D eigenvalue weighted by Gasteiger charge is 2.64. The molecule has 5 rings (SSSR count). The number of ketones is 2. The van der Waals surface area contributed by atoms with E-state index in [-0.39, 0.29) is 105 Å². The number of nitrogens with zero attached hydrogens (tertiary/aromatic N) is 1. The maximum atomic E-state index is 14.4. The average Bonchev–Trinajstić information content (AvgIpc) is 1.88. The number of methoxy groups -OCH3 is 2.